The highest BCUT2D eigenvalue weighted by Gasteiger charge is 2.13. The van der Waals surface area contributed by atoms with Crippen LogP contribution in [0.15, 0.2) is 35.8 Å². The Morgan fingerprint density at radius 1 is 1.10 bits per heavy atom. The Balaban J connectivity index is 2.11. The molecule has 0 saturated heterocycles. The molecule has 0 unspecified atom stereocenters. The second-order valence-electron chi connectivity index (χ2n) is 5.10. The highest BCUT2D eigenvalue weighted by molar-refractivity contribution is 7.13. The second kappa shape index (κ2) is 4.80. The van der Waals surface area contributed by atoms with Crippen molar-refractivity contribution in [3.05, 3.63) is 52.5 Å². The van der Waals surface area contributed by atoms with Crippen molar-refractivity contribution < 1.29 is 0 Å². The van der Waals surface area contributed by atoms with Gasteiger partial charge in [-0.1, -0.05) is 17.7 Å². The van der Waals surface area contributed by atoms with Crippen molar-refractivity contribution >= 4 is 17.0 Å². The van der Waals surface area contributed by atoms with Gasteiger partial charge in [-0.2, -0.15) is 5.10 Å². The molecule has 0 fully saturated rings. The van der Waals surface area contributed by atoms with Crippen molar-refractivity contribution in [2.75, 3.05) is 5.73 Å². The van der Waals surface area contributed by atoms with E-state index in [1.165, 1.54) is 16.7 Å². The number of rotatable bonds is 2. The molecule has 2 heterocycles. The van der Waals surface area contributed by atoms with E-state index < -0.39 is 0 Å². The lowest BCUT2D eigenvalue weighted by molar-refractivity contribution is 0.876. The Morgan fingerprint density at radius 3 is 2.55 bits per heavy atom. The number of aryl methyl sites for hydroxylation is 3. The fourth-order valence-corrected chi connectivity index (χ4v) is 3.30. The third-order valence-corrected chi connectivity index (χ3v) is 4.44. The van der Waals surface area contributed by atoms with Gasteiger partial charge in [0.15, 0.2) is 0 Å². The minimum absolute atomic E-state index is 0.718. The lowest BCUT2D eigenvalue weighted by Gasteiger charge is -2.06. The average molecular weight is 283 g/mol. The quantitative estimate of drug-likeness (QED) is 0.769. The molecule has 1 aromatic carbocycles. The Labute approximate surface area is 122 Å². The normalized spacial score (nSPS) is 10.9. The fourth-order valence-electron chi connectivity index (χ4n) is 2.36. The average Bonchev–Trinajstić information content (AvgIpc) is 2.95. The summed E-state index contributed by atoms with van der Waals surface area (Å²) < 4.78 is 1.87. The zero-order valence-electron chi connectivity index (χ0n) is 11.8. The molecule has 0 aliphatic carbocycles. The lowest BCUT2D eigenvalue weighted by atomic mass is 10.1. The topological polar surface area (TPSA) is 43.8 Å². The molecule has 0 saturated carbocycles. The van der Waals surface area contributed by atoms with Crippen LogP contribution < -0.4 is 5.73 Å². The van der Waals surface area contributed by atoms with Gasteiger partial charge in [0.2, 0.25) is 0 Å². The van der Waals surface area contributed by atoms with E-state index in [0.717, 1.165) is 21.9 Å². The van der Waals surface area contributed by atoms with Gasteiger partial charge >= 0.3 is 0 Å². The molecule has 2 N–H and O–H groups in total. The largest absolute Gasteiger partial charge is 0.396 e. The Morgan fingerprint density at radius 2 is 1.90 bits per heavy atom. The first-order valence-electron chi connectivity index (χ1n) is 6.53. The van der Waals surface area contributed by atoms with Crippen LogP contribution in [0, 0.1) is 20.8 Å². The molecule has 3 nitrogen and oxygen atoms in total. The number of nitrogen functional groups attached to an aromatic ring is 1. The minimum Gasteiger partial charge on any atom is -0.396 e. The summed E-state index contributed by atoms with van der Waals surface area (Å²) in [7, 11) is 0. The van der Waals surface area contributed by atoms with Gasteiger partial charge in [-0.3, -0.25) is 0 Å². The maximum Gasteiger partial charge on any atom is 0.126 e. The number of thiophene rings is 1. The third kappa shape index (κ3) is 2.12. The van der Waals surface area contributed by atoms with E-state index in [4.69, 9.17) is 5.73 Å². The molecule has 2 aromatic heterocycles. The summed E-state index contributed by atoms with van der Waals surface area (Å²) in [5, 5.41) is 6.75. The van der Waals surface area contributed by atoms with Crippen LogP contribution in [0.5, 0.6) is 0 Å². The predicted octanol–water partition coefficient (Wildman–Crippen LogP) is 4.11. The summed E-state index contributed by atoms with van der Waals surface area (Å²) in [5.74, 6) is 0. The van der Waals surface area contributed by atoms with E-state index in [0.29, 0.717) is 0 Å². The summed E-state index contributed by atoms with van der Waals surface area (Å²) in [6, 6.07) is 8.43. The van der Waals surface area contributed by atoms with Gasteiger partial charge in [0.05, 0.1) is 22.4 Å². The zero-order chi connectivity index (χ0) is 14.3. The first kappa shape index (κ1) is 12.9. The van der Waals surface area contributed by atoms with E-state index >= 15 is 0 Å². The van der Waals surface area contributed by atoms with Crippen molar-refractivity contribution in [2.24, 2.45) is 0 Å². The van der Waals surface area contributed by atoms with Crippen molar-refractivity contribution in [3.8, 4) is 16.3 Å². The van der Waals surface area contributed by atoms with Gasteiger partial charge in [-0.15, -0.1) is 11.3 Å². The molecule has 20 heavy (non-hydrogen) atoms. The number of nitrogens with two attached hydrogens (primary N) is 1. The van der Waals surface area contributed by atoms with Crippen molar-refractivity contribution in [2.45, 2.75) is 20.8 Å². The summed E-state index contributed by atoms with van der Waals surface area (Å²) in [6.45, 7) is 6.27. The number of anilines is 1. The SMILES string of the molecule is Cc1ccc(-n2cc(N)c(-c3sccc3C)n2)c(C)c1. The molecule has 0 aliphatic heterocycles. The van der Waals surface area contributed by atoms with Gasteiger partial charge in [0.25, 0.3) is 0 Å². The van der Waals surface area contributed by atoms with Crippen molar-refractivity contribution in [1.82, 2.24) is 9.78 Å². The van der Waals surface area contributed by atoms with Crippen molar-refractivity contribution in [3.63, 3.8) is 0 Å². The van der Waals surface area contributed by atoms with Crippen LogP contribution in [0.4, 0.5) is 5.69 Å². The molecule has 3 aromatic rings. The minimum atomic E-state index is 0.718. The predicted molar refractivity (Wildman–Crippen MR) is 85.5 cm³/mol. The summed E-state index contributed by atoms with van der Waals surface area (Å²) in [5.41, 5.74) is 12.5. The van der Waals surface area contributed by atoms with Crippen LogP contribution in [0.25, 0.3) is 16.3 Å². The molecule has 0 spiro atoms. The summed E-state index contributed by atoms with van der Waals surface area (Å²) >= 11 is 1.68. The van der Waals surface area contributed by atoms with Crippen LogP contribution in [0.1, 0.15) is 16.7 Å². The Bertz CT molecular complexity index is 768. The Hall–Kier alpha value is -2.07. The fraction of sp³-hybridized carbons (Fsp3) is 0.188. The molecule has 0 radical (unpaired) electrons. The van der Waals surface area contributed by atoms with E-state index in [9.17, 15) is 0 Å². The summed E-state index contributed by atoms with van der Waals surface area (Å²) in [4.78, 5) is 1.14. The molecule has 3 rings (SSSR count). The maximum atomic E-state index is 6.14. The number of hydrogen-bond donors (Lipinski definition) is 1. The number of aromatic nitrogens is 2. The summed E-state index contributed by atoms with van der Waals surface area (Å²) in [6.07, 6.45) is 1.90. The second-order valence-corrected chi connectivity index (χ2v) is 6.02. The smallest absolute Gasteiger partial charge is 0.126 e. The first-order valence-corrected chi connectivity index (χ1v) is 7.41. The molecule has 0 bridgehead atoms. The molecular weight excluding hydrogens is 266 g/mol. The zero-order valence-corrected chi connectivity index (χ0v) is 12.7. The van der Waals surface area contributed by atoms with Gasteiger partial charge in [0, 0.05) is 0 Å². The van der Waals surface area contributed by atoms with Crippen LogP contribution in [-0.2, 0) is 0 Å². The van der Waals surface area contributed by atoms with Crippen LogP contribution in [-0.4, -0.2) is 9.78 Å². The van der Waals surface area contributed by atoms with Crippen LogP contribution >= 0.6 is 11.3 Å². The number of benzene rings is 1. The van der Waals surface area contributed by atoms with Crippen LogP contribution in [0.3, 0.4) is 0 Å². The van der Waals surface area contributed by atoms with Gasteiger partial charge in [0.1, 0.15) is 5.69 Å². The van der Waals surface area contributed by atoms with E-state index in [-0.39, 0.29) is 0 Å². The molecule has 0 amide bonds. The van der Waals surface area contributed by atoms with Crippen molar-refractivity contribution in [1.29, 1.82) is 0 Å². The lowest BCUT2D eigenvalue weighted by Crippen LogP contribution is -1.98. The van der Waals surface area contributed by atoms with Crippen LogP contribution in [0.2, 0.25) is 0 Å². The highest BCUT2D eigenvalue weighted by atomic mass is 32.1. The monoisotopic (exact) mass is 283 g/mol. The van der Waals surface area contributed by atoms with E-state index in [2.05, 4.69) is 55.5 Å². The van der Waals surface area contributed by atoms with Gasteiger partial charge in [-0.05, 0) is 49.4 Å². The standard InChI is InChI=1S/C16H17N3S/c1-10-4-5-14(12(3)8-10)19-9-13(17)15(18-19)16-11(2)6-7-20-16/h4-9H,17H2,1-3H3. The third-order valence-electron chi connectivity index (χ3n) is 3.42. The molecule has 4 heteroatoms. The van der Waals surface area contributed by atoms with E-state index in [1.807, 2.05) is 10.9 Å². The van der Waals surface area contributed by atoms with E-state index in [1.54, 1.807) is 11.3 Å². The molecule has 0 atom stereocenters. The maximum absolute atomic E-state index is 6.14. The number of hydrogen-bond acceptors (Lipinski definition) is 3. The van der Waals surface area contributed by atoms with Gasteiger partial charge in [-0.25, -0.2) is 4.68 Å². The molecular formula is C16H17N3S. The van der Waals surface area contributed by atoms with Gasteiger partial charge < -0.3 is 5.73 Å². The first-order chi connectivity index (χ1) is 9.56. The highest BCUT2D eigenvalue weighted by Crippen LogP contribution is 2.32. The number of nitrogens with zero attached hydrogens (tertiary/aromatic N) is 2. The molecule has 0 aliphatic rings. The molecule has 102 valence electrons. The Kier molecular flexibility index (Phi) is 3.10.